The Labute approximate surface area is 132 Å². The molecule has 0 saturated carbocycles. The van der Waals surface area contributed by atoms with Crippen LogP contribution in [-0.4, -0.2) is 61.1 Å². The lowest BCUT2D eigenvalue weighted by Gasteiger charge is -2.33. The summed E-state index contributed by atoms with van der Waals surface area (Å²) in [6.07, 6.45) is 7.91. The molecule has 6 nitrogen and oxygen atoms in total. The van der Waals surface area contributed by atoms with Gasteiger partial charge in [0.15, 0.2) is 0 Å². The van der Waals surface area contributed by atoms with E-state index in [4.69, 9.17) is 10.5 Å². The highest BCUT2D eigenvalue weighted by molar-refractivity contribution is 5.78. The van der Waals surface area contributed by atoms with Gasteiger partial charge in [0.2, 0.25) is 5.91 Å². The van der Waals surface area contributed by atoms with Crippen molar-refractivity contribution in [1.29, 1.82) is 0 Å². The molecule has 0 radical (unpaired) electrons. The van der Waals surface area contributed by atoms with Crippen molar-refractivity contribution in [3.05, 3.63) is 23.8 Å². The molecule has 0 bridgehead atoms. The van der Waals surface area contributed by atoms with Crippen LogP contribution in [0, 0.1) is 0 Å². The van der Waals surface area contributed by atoms with E-state index >= 15 is 0 Å². The molecule has 1 aliphatic carbocycles. The number of rotatable bonds is 3. The van der Waals surface area contributed by atoms with Crippen molar-refractivity contribution in [3.8, 4) is 0 Å². The molecule has 22 heavy (non-hydrogen) atoms. The number of piperazine rings is 1. The lowest BCUT2D eigenvalue weighted by molar-refractivity contribution is -0.131. The van der Waals surface area contributed by atoms with Crippen molar-refractivity contribution in [3.63, 3.8) is 0 Å². The average molecular weight is 309 g/mol. The van der Waals surface area contributed by atoms with Crippen LogP contribution >= 0.6 is 0 Å². The topological polar surface area (TPSA) is 75.9 Å². The molecule has 0 aromatic carbocycles. The first-order valence-corrected chi connectivity index (χ1v) is 7.96. The molecule has 0 aromatic heterocycles. The second kappa shape index (κ2) is 10.00. The summed E-state index contributed by atoms with van der Waals surface area (Å²) in [6, 6.07) is 0. The monoisotopic (exact) mass is 309 g/mol. The van der Waals surface area contributed by atoms with E-state index in [1.54, 1.807) is 9.80 Å². The van der Waals surface area contributed by atoms with E-state index in [-0.39, 0.29) is 18.5 Å². The first-order valence-electron chi connectivity index (χ1n) is 7.96. The second-order valence-corrected chi connectivity index (χ2v) is 4.89. The van der Waals surface area contributed by atoms with Gasteiger partial charge in [0.25, 0.3) is 0 Å². The highest BCUT2D eigenvalue weighted by Gasteiger charge is 2.24. The maximum Gasteiger partial charge on any atom is 0.410 e. The minimum Gasteiger partial charge on any atom is -0.445 e. The molecule has 2 rings (SSSR count). The minimum atomic E-state index is -0.315. The maximum absolute atomic E-state index is 11.9. The Hall–Kier alpha value is -1.82. The number of ether oxygens (including phenoxy) is 1. The number of nitrogens with zero attached hydrogens (tertiary/aromatic N) is 2. The summed E-state index contributed by atoms with van der Waals surface area (Å²) in [7, 11) is 0. The highest BCUT2D eigenvalue weighted by Crippen LogP contribution is 2.11. The molecule has 6 heteroatoms. The van der Waals surface area contributed by atoms with Gasteiger partial charge in [-0.05, 0) is 18.4 Å². The van der Waals surface area contributed by atoms with Gasteiger partial charge in [-0.25, -0.2) is 4.79 Å². The standard InChI is InChI=1S/C14H21N3O3.C2H6/c15-10-13(18)16-6-8-17(9-7-16)14(19)20-11-12-4-2-1-3-5-12;1-2/h2,4-5H,1,3,6-11,15H2;1-2H3. The number of carbonyl (C=O) groups excluding carboxylic acids is 2. The molecule has 1 fully saturated rings. The predicted molar refractivity (Wildman–Crippen MR) is 86.4 cm³/mol. The zero-order valence-electron chi connectivity index (χ0n) is 13.6. The number of hydrogen-bond acceptors (Lipinski definition) is 4. The molecule has 2 aliphatic rings. The van der Waals surface area contributed by atoms with Crippen molar-refractivity contribution in [2.75, 3.05) is 39.3 Å². The third-order valence-electron chi connectivity index (χ3n) is 3.50. The normalized spacial score (nSPS) is 17.3. The molecule has 1 aliphatic heterocycles. The summed E-state index contributed by atoms with van der Waals surface area (Å²) in [5.74, 6) is -0.0736. The predicted octanol–water partition coefficient (Wildman–Crippen LogP) is 1.53. The van der Waals surface area contributed by atoms with Gasteiger partial charge in [0.1, 0.15) is 6.61 Å². The molecule has 2 amide bonds. The number of amides is 2. The van der Waals surface area contributed by atoms with Crippen LogP contribution in [-0.2, 0) is 9.53 Å². The quantitative estimate of drug-likeness (QED) is 0.858. The van der Waals surface area contributed by atoms with Crippen LogP contribution in [0.3, 0.4) is 0 Å². The van der Waals surface area contributed by atoms with Crippen molar-refractivity contribution < 1.29 is 14.3 Å². The molecule has 0 spiro atoms. The fourth-order valence-corrected chi connectivity index (χ4v) is 2.28. The average Bonchev–Trinajstić information content (AvgIpc) is 2.61. The maximum atomic E-state index is 11.9. The summed E-state index contributed by atoms with van der Waals surface area (Å²) >= 11 is 0. The zero-order valence-corrected chi connectivity index (χ0v) is 13.6. The van der Waals surface area contributed by atoms with Gasteiger partial charge in [-0.2, -0.15) is 0 Å². The summed E-state index contributed by atoms with van der Waals surface area (Å²) in [5.41, 5.74) is 6.36. The van der Waals surface area contributed by atoms with Gasteiger partial charge < -0.3 is 20.3 Å². The van der Waals surface area contributed by atoms with Crippen molar-refractivity contribution in [2.24, 2.45) is 5.73 Å². The van der Waals surface area contributed by atoms with Gasteiger partial charge in [-0.1, -0.05) is 32.1 Å². The van der Waals surface area contributed by atoms with Crippen LogP contribution in [0.1, 0.15) is 26.7 Å². The minimum absolute atomic E-state index is 0.0188. The SMILES string of the molecule is CC.NCC(=O)N1CCN(C(=O)OCC2=CCCC=C2)CC1. The van der Waals surface area contributed by atoms with Crippen molar-refractivity contribution >= 4 is 12.0 Å². The van der Waals surface area contributed by atoms with Crippen molar-refractivity contribution in [1.82, 2.24) is 9.80 Å². The highest BCUT2D eigenvalue weighted by atomic mass is 16.6. The molecular formula is C16H27N3O3. The largest absolute Gasteiger partial charge is 0.445 e. The number of hydrogen-bond donors (Lipinski definition) is 1. The van der Waals surface area contributed by atoms with Gasteiger partial charge in [-0.3, -0.25) is 4.79 Å². The Morgan fingerprint density at radius 2 is 1.77 bits per heavy atom. The summed E-state index contributed by atoms with van der Waals surface area (Å²) in [5, 5.41) is 0. The van der Waals surface area contributed by atoms with E-state index in [1.165, 1.54) is 0 Å². The first kappa shape index (κ1) is 18.2. The van der Waals surface area contributed by atoms with Gasteiger partial charge >= 0.3 is 6.09 Å². The summed E-state index contributed by atoms with van der Waals surface area (Å²) < 4.78 is 5.28. The first-order chi connectivity index (χ1) is 10.7. The molecule has 124 valence electrons. The molecular weight excluding hydrogens is 282 g/mol. The van der Waals surface area contributed by atoms with E-state index in [2.05, 4.69) is 12.2 Å². The van der Waals surface area contributed by atoms with Gasteiger partial charge in [0.05, 0.1) is 6.54 Å². The Balaban J connectivity index is 0.00000116. The number of nitrogens with two attached hydrogens (primary N) is 1. The van der Waals surface area contributed by atoms with Crippen LogP contribution in [0.25, 0.3) is 0 Å². The number of allylic oxidation sites excluding steroid dienone is 2. The van der Waals surface area contributed by atoms with Crippen LogP contribution in [0.4, 0.5) is 4.79 Å². The lowest BCUT2D eigenvalue weighted by atomic mass is 10.1. The smallest absolute Gasteiger partial charge is 0.410 e. The third kappa shape index (κ3) is 5.52. The van der Waals surface area contributed by atoms with E-state index in [1.807, 2.05) is 19.9 Å². The molecule has 1 saturated heterocycles. The van der Waals surface area contributed by atoms with Gasteiger partial charge in [-0.15, -0.1) is 0 Å². The van der Waals surface area contributed by atoms with Crippen molar-refractivity contribution in [2.45, 2.75) is 26.7 Å². The van der Waals surface area contributed by atoms with E-state index in [0.29, 0.717) is 32.8 Å². The van der Waals surface area contributed by atoms with Crippen LogP contribution < -0.4 is 5.73 Å². The Morgan fingerprint density at radius 3 is 2.32 bits per heavy atom. The molecule has 0 atom stereocenters. The van der Waals surface area contributed by atoms with Crippen LogP contribution in [0.15, 0.2) is 23.8 Å². The summed E-state index contributed by atoms with van der Waals surface area (Å²) in [4.78, 5) is 26.6. The fourth-order valence-electron chi connectivity index (χ4n) is 2.28. The molecule has 1 heterocycles. The Morgan fingerprint density at radius 1 is 1.14 bits per heavy atom. The molecule has 2 N–H and O–H groups in total. The molecule has 0 unspecified atom stereocenters. The van der Waals surface area contributed by atoms with Crippen LogP contribution in [0.2, 0.25) is 0 Å². The Kier molecular flexibility index (Phi) is 8.28. The Bertz CT molecular complexity index is 424. The van der Waals surface area contributed by atoms with E-state index in [0.717, 1.165) is 18.4 Å². The van der Waals surface area contributed by atoms with Gasteiger partial charge in [0, 0.05) is 26.2 Å². The summed E-state index contributed by atoms with van der Waals surface area (Å²) in [6.45, 7) is 6.38. The lowest BCUT2D eigenvalue weighted by Crippen LogP contribution is -2.52. The third-order valence-corrected chi connectivity index (χ3v) is 3.50. The molecule has 0 aromatic rings. The zero-order chi connectivity index (χ0) is 16.4. The van der Waals surface area contributed by atoms with E-state index < -0.39 is 0 Å². The number of carbonyl (C=O) groups is 2. The van der Waals surface area contributed by atoms with E-state index in [9.17, 15) is 9.59 Å². The fraction of sp³-hybridized carbons (Fsp3) is 0.625. The van der Waals surface area contributed by atoms with Crippen LogP contribution in [0.5, 0.6) is 0 Å². The second-order valence-electron chi connectivity index (χ2n) is 4.89.